The molecular weight excluding hydrogens is 340 g/mol. The Morgan fingerprint density at radius 2 is 1.50 bits per heavy atom. The van der Waals surface area contributed by atoms with Crippen LogP contribution in [0, 0.1) is 0 Å². The number of aryl methyl sites for hydroxylation is 1. The fourth-order valence-electron chi connectivity index (χ4n) is 2.61. The quantitative estimate of drug-likeness (QED) is 0.448. The highest BCUT2D eigenvalue weighted by Crippen LogP contribution is 2.28. The van der Waals surface area contributed by atoms with Crippen molar-refractivity contribution in [2.24, 2.45) is 0 Å². The Labute approximate surface area is 159 Å². The molecule has 0 N–H and O–H groups in total. The van der Waals surface area contributed by atoms with Gasteiger partial charge in [-0.2, -0.15) is 0 Å². The number of aromatic nitrogens is 2. The van der Waals surface area contributed by atoms with E-state index in [2.05, 4.69) is 66.5 Å². The van der Waals surface area contributed by atoms with Gasteiger partial charge in [0, 0.05) is 12.0 Å². The first-order valence-corrected chi connectivity index (χ1v) is 9.93. The third-order valence-electron chi connectivity index (χ3n) is 4.00. The van der Waals surface area contributed by atoms with Crippen LogP contribution < -0.4 is 4.74 Å². The average Bonchev–Trinajstić information content (AvgIpc) is 3.15. The van der Waals surface area contributed by atoms with Gasteiger partial charge >= 0.3 is 0 Å². The van der Waals surface area contributed by atoms with Crippen molar-refractivity contribution < 1.29 is 4.74 Å². The minimum atomic E-state index is 0.615. The molecule has 0 atom stereocenters. The van der Waals surface area contributed by atoms with Crippen molar-refractivity contribution in [1.29, 1.82) is 0 Å². The number of benzene rings is 2. The number of hydrogen-bond donors (Lipinski definition) is 0. The summed E-state index contributed by atoms with van der Waals surface area (Å²) in [5, 5.41) is 10.7. The molecule has 2 aromatic carbocycles. The SMILES string of the molecule is CCC=CCOc1ccc(-c2ccc(-c3nnc(CCC)s3)cc2)cc1. The largest absolute Gasteiger partial charge is 0.490 e. The fourth-order valence-corrected chi connectivity index (χ4v) is 3.56. The standard InChI is InChI=1S/C22H24N2OS/c1-3-5-6-16-25-20-14-12-18(13-15-20)17-8-10-19(11-9-17)22-24-23-21(26-22)7-4-2/h5-6,8-15H,3-4,7,16H2,1-2H3. The van der Waals surface area contributed by atoms with Crippen molar-refractivity contribution in [1.82, 2.24) is 10.2 Å². The molecule has 0 radical (unpaired) electrons. The van der Waals surface area contributed by atoms with Gasteiger partial charge in [-0.3, -0.25) is 0 Å². The van der Waals surface area contributed by atoms with Gasteiger partial charge in [-0.15, -0.1) is 10.2 Å². The zero-order valence-corrected chi connectivity index (χ0v) is 16.1. The highest BCUT2D eigenvalue weighted by Gasteiger charge is 2.06. The minimum absolute atomic E-state index is 0.615. The first-order valence-electron chi connectivity index (χ1n) is 9.11. The van der Waals surface area contributed by atoms with E-state index in [1.807, 2.05) is 18.2 Å². The lowest BCUT2D eigenvalue weighted by atomic mass is 10.0. The van der Waals surface area contributed by atoms with Crippen molar-refractivity contribution in [3.8, 4) is 27.4 Å². The molecule has 134 valence electrons. The fraction of sp³-hybridized carbons (Fsp3) is 0.273. The van der Waals surface area contributed by atoms with Gasteiger partial charge in [0.15, 0.2) is 0 Å². The molecule has 0 fully saturated rings. The summed E-state index contributed by atoms with van der Waals surface area (Å²) in [5.41, 5.74) is 3.48. The van der Waals surface area contributed by atoms with Gasteiger partial charge in [0.1, 0.15) is 22.4 Å². The second kappa shape index (κ2) is 9.30. The van der Waals surface area contributed by atoms with E-state index in [9.17, 15) is 0 Å². The molecule has 0 saturated heterocycles. The molecule has 26 heavy (non-hydrogen) atoms. The highest BCUT2D eigenvalue weighted by atomic mass is 32.1. The Morgan fingerprint density at radius 3 is 2.15 bits per heavy atom. The molecule has 3 nitrogen and oxygen atoms in total. The van der Waals surface area contributed by atoms with Gasteiger partial charge in [-0.05, 0) is 36.1 Å². The van der Waals surface area contributed by atoms with E-state index in [1.54, 1.807) is 11.3 Å². The minimum Gasteiger partial charge on any atom is -0.490 e. The van der Waals surface area contributed by atoms with Gasteiger partial charge in [-0.1, -0.05) is 73.7 Å². The molecule has 0 aliphatic heterocycles. The van der Waals surface area contributed by atoms with Gasteiger partial charge in [0.2, 0.25) is 0 Å². The van der Waals surface area contributed by atoms with Crippen LogP contribution in [0.4, 0.5) is 0 Å². The summed E-state index contributed by atoms with van der Waals surface area (Å²) in [4.78, 5) is 0. The lowest BCUT2D eigenvalue weighted by Crippen LogP contribution is -1.92. The van der Waals surface area contributed by atoms with Crippen molar-refractivity contribution in [2.45, 2.75) is 33.1 Å². The first kappa shape index (κ1) is 18.3. The molecule has 0 aliphatic carbocycles. The smallest absolute Gasteiger partial charge is 0.147 e. The van der Waals surface area contributed by atoms with E-state index in [1.165, 1.54) is 11.1 Å². The molecule has 0 spiro atoms. The first-order chi connectivity index (χ1) is 12.8. The second-order valence-corrected chi connectivity index (χ2v) is 7.11. The number of nitrogens with zero attached hydrogens (tertiary/aromatic N) is 2. The summed E-state index contributed by atoms with van der Waals surface area (Å²) >= 11 is 1.68. The molecule has 0 unspecified atom stereocenters. The summed E-state index contributed by atoms with van der Waals surface area (Å²) in [6.45, 7) is 4.89. The normalized spacial score (nSPS) is 11.2. The summed E-state index contributed by atoms with van der Waals surface area (Å²) in [5.74, 6) is 0.892. The van der Waals surface area contributed by atoms with Crippen LogP contribution in [0.25, 0.3) is 21.7 Å². The van der Waals surface area contributed by atoms with Crippen molar-refractivity contribution in [3.05, 3.63) is 65.7 Å². The zero-order valence-electron chi connectivity index (χ0n) is 15.3. The molecule has 0 bridgehead atoms. The number of ether oxygens (including phenoxy) is 1. The van der Waals surface area contributed by atoms with Crippen LogP contribution >= 0.6 is 11.3 Å². The Kier molecular flexibility index (Phi) is 6.56. The monoisotopic (exact) mass is 364 g/mol. The molecule has 4 heteroatoms. The van der Waals surface area contributed by atoms with Crippen LogP contribution in [0.1, 0.15) is 31.7 Å². The number of allylic oxidation sites excluding steroid dienone is 1. The third-order valence-corrected chi connectivity index (χ3v) is 5.03. The van der Waals surface area contributed by atoms with Crippen LogP contribution in [0.15, 0.2) is 60.7 Å². The maximum Gasteiger partial charge on any atom is 0.147 e. The van der Waals surface area contributed by atoms with Crippen LogP contribution in [0.3, 0.4) is 0 Å². The molecule has 1 aromatic heterocycles. The second-order valence-electron chi connectivity index (χ2n) is 6.04. The van der Waals surface area contributed by atoms with Gasteiger partial charge in [0.25, 0.3) is 0 Å². The maximum absolute atomic E-state index is 5.70. The Morgan fingerprint density at radius 1 is 0.846 bits per heavy atom. The average molecular weight is 365 g/mol. The van der Waals surface area contributed by atoms with Crippen molar-refractivity contribution >= 4 is 11.3 Å². The van der Waals surface area contributed by atoms with E-state index >= 15 is 0 Å². The van der Waals surface area contributed by atoms with Crippen LogP contribution in [0.2, 0.25) is 0 Å². The van der Waals surface area contributed by atoms with E-state index < -0.39 is 0 Å². The molecule has 0 saturated carbocycles. The number of hydrogen-bond acceptors (Lipinski definition) is 4. The maximum atomic E-state index is 5.70. The van der Waals surface area contributed by atoms with Crippen LogP contribution in [0.5, 0.6) is 5.75 Å². The predicted octanol–water partition coefficient (Wildman–Crippen LogP) is 6.17. The summed E-state index contributed by atoms with van der Waals surface area (Å²) in [7, 11) is 0. The van der Waals surface area contributed by atoms with Gasteiger partial charge < -0.3 is 4.74 Å². The molecule has 0 aliphatic rings. The van der Waals surface area contributed by atoms with E-state index in [0.717, 1.165) is 40.6 Å². The molecule has 3 aromatic rings. The number of rotatable bonds is 8. The zero-order chi connectivity index (χ0) is 18.2. The lowest BCUT2D eigenvalue weighted by Gasteiger charge is -2.06. The van der Waals surface area contributed by atoms with Crippen molar-refractivity contribution in [3.63, 3.8) is 0 Å². The summed E-state index contributed by atoms with van der Waals surface area (Å²) in [6, 6.07) is 16.7. The van der Waals surface area contributed by atoms with Gasteiger partial charge in [0.05, 0.1) is 0 Å². The summed E-state index contributed by atoms with van der Waals surface area (Å²) in [6.07, 6.45) is 7.29. The summed E-state index contributed by atoms with van der Waals surface area (Å²) < 4.78 is 5.70. The van der Waals surface area contributed by atoms with E-state index in [4.69, 9.17) is 4.74 Å². The lowest BCUT2D eigenvalue weighted by molar-refractivity contribution is 0.362. The molecular formula is C22H24N2OS. The topological polar surface area (TPSA) is 35.0 Å². The van der Waals surface area contributed by atoms with E-state index in [0.29, 0.717) is 6.61 Å². The third kappa shape index (κ3) is 4.79. The van der Waals surface area contributed by atoms with Gasteiger partial charge in [-0.25, -0.2) is 0 Å². The Balaban J connectivity index is 1.66. The van der Waals surface area contributed by atoms with Crippen LogP contribution in [-0.4, -0.2) is 16.8 Å². The Hall–Kier alpha value is -2.46. The molecule has 0 amide bonds. The van der Waals surface area contributed by atoms with Crippen LogP contribution in [-0.2, 0) is 6.42 Å². The van der Waals surface area contributed by atoms with Crippen molar-refractivity contribution in [2.75, 3.05) is 6.61 Å². The Bertz CT molecular complexity index is 835. The molecule has 3 rings (SSSR count). The van der Waals surface area contributed by atoms with E-state index in [-0.39, 0.29) is 0 Å². The molecule has 1 heterocycles. The predicted molar refractivity (Wildman–Crippen MR) is 110 cm³/mol. The highest BCUT2D eigenvalue weighted by molar-refractivity contribution is 7.14.